The summed E-state index contributed by atoms with van der Waals surface area (Å²) in [6.45, 7) is 4.58. The minimum absolute atomic E-state index is 0. The van der Waals surface area contributed by atoms with E-state index in [1.54, 1.807) is 6.33 Å². The van der Waals surface area contributed by atoms with E-state index >= 15 is 0 Å². The summed E-state index contributed by atoms with van der Waals surface area (Å²) in [5.41, 5.74) is 8.48. The highest BCUT2D eigenvalue weighted by Gasteiger charge is 2.28. The normalized spacial score (nSPS) is 22.1. The van der Waals surface area contributed by atoms with E-state index in [2.05, 4.69) is 56.6 Å². The second kappa shape index (κ2) is 11.7. The van der Waals surface area contributed by atoms with Crippen LogP contribution >= 0.6 is 24.8 Å². The van der Waals surface area contributed by atoms with Crippen LogP contribution in [-0.4, -0.2) is 47.1 Å². The largest absolute Gasteiger partial charge is 0.370 e. The Balaban J connectivity index is 0.00000150. The van der Waals surface area contributed by atoms with E-state index in [0.717, 1.165) is 43.2 Å². The summed E-state index contributed by atoms with van der Waals surface area (Å²) in [6, 6.07) is 13.3. The first kappa shape index (κ1) is 23.9. The summed E-state index contributed by atoms with van der Waals surface area (Å²) in [7, 11) is 0. The zero-order valence-corrected chi connectivity index (χ0v) is 18.5. The van der Waals surface area contributed by atoms with Crippen LogP contribution in [0.25, 0.3) is 0 Å². The molecule has 2 fully saturated rings. The SMILES string of the molecule is Cl.Cl.NC1CC(c2cc(NCC3CCN(CCc4ccccc4)CC3)ncn2)C1. The van der Waals surface area contributed by atoms with E-state index in [1.165, 1.54) is 38.0 Å². The number of nitrogens with zero attached hydrogens (tertiary/aromatic N) is 3. The maximum atomic E-state index is 5.90. The Bertz CT molecular complexity index is 716. The number of piperidine rings is 1. The smallest absolute Gasteiger partial charge is 0.129 e. The third kappa shape index (κ3) is 6.82. The van der Waals surface area contributed by atoms with Crippen molar-refractivity contribution in [1.82, 2.24) is 14.9 Å². The maximum absolute atomic E-state index is 5.90. The minimum Gasteiger partial charge on any atom is -0.370 e. The number of hydrogen-bond acceptors (Lipinski definition) is 5. The number of nitrogens with one attached hydrogen (secondary N) is 1. The molecule has 2 heterocycles. The average Bonchev–Trinajstić information content (AvgIpc) is 2.70. The van der Waals surface area contributed by atoms with Crippen molar-refractivity contribution in [3.63, 3.8) is 0 Å². The Hall–Kier alpha value is -1.40. The molecule has 1 aromatic carbocycles. The number of anilines is 1. The fourth-order valence-electron chi connectivity index (χ4n) is 4.19. The molecule has 0 spiro atoms. The molecule has 1 aromatic heterocycles. The molecule has 7 heteroatoms. The highest BCUT2D eigenvalue weighted by Crippen LogP contribution is 2.34. The van der Waals surface area contributed by atoms with Gasteiger partial charge < -0.3 is 16.0 Å². The standard InChI is InChI=1S/C22H31N5.2ClH/c23-20-12-19(13-20)21-14-22(26-16-25-21)24-15-18-7-10-27(11-8-18)9-6-17-4-2-1-3-5-17;;/h1-5,14,16,18-20H,6-13,15,23H2,(H,24,25,26);2*1H. The molecule has 0 atom stereocenters. The molecule has 2 aromatic rings. The van der Waals surface area contributed by atoms with Crippen LogP contribution in [0.1, 0.15) is 42.9 Å². The van der Waals surface area contributed by atoms with Gasteiger partial charge in [0.1, 0.15) is 12.1 Å². The molecule has 0 amide bonds. The van der Waals surface area contributed by atoms with Crippen LogP contribution in [0.2, 0.25) is 0 Å². The number of halogens is 2. The van der Waals surface area contributed by atoms with Crippen LogP contribution in [0.4, 0.5) is 5.82 Å². The lowest BCUT2D eigenvalue weighted by atomic mass is 9.78. The average molecular weight is 438 g/mol. The molecule has 1 saturated heterocycles. The Kier molecular flexibility index (Phi) is 9.63. The lowest BCUT2D eigenvalue weighted by Gasteiger charge is -2.32. The molecule has 4 rings (SSSR count). The Morgan fingerprint density at radius 3 is 2.45 bits per heavy atom. The van der Waals surface area contributed by atoms with Crippen LogP contribution in [0.3, 0.4) is 0 Å². The van der Waals surface area contributed by atoms with E-state index in [9.17, 15) is 0 Å². The third-order valence-electron chi connectivity index (χ3n) is 6.12. The number of benzene rings is 1. The molecule has 0 bridgehead atoms. The lowest BCUT2D eigenvalue weighted by Crippen LogP contribution is -2.37. The van der Waals surface area contributed by atoms with Gasteiger partial charge in [0, 0.05) is 36.8 Å². The lowest BCUT2D eigenvalue weighted by molar-refractivity contribution is 0.191. The van der Waals surface area contributed by atoms with Crippen LogP contribution in [0.15, 0.2) is 42.7 Å². The summed E-state index contributed by atoms with van der Waals surface area (Å²) < 4.78 is 0. The van der Waals surface area contributed by atoms with E-state index < -0.39 is 0 Å². The van der Waals surface area contributed by atoms with Crippen molar-refractivity contribution in [2.24, 2.45) is 11.7 Å². The molecule has 0 unspecified atom stereocenters. The zero-order chi connectivity index (χ0) is 18.5. The predicted octanol–water partition coefficient (Wildman–Crippen LogP) is 3.89. The number of aromatic nitrogens is 2. The van der Waals surface area contributed by atoms with Gasteiger partial charge in [0.15, 0.2) is 0 Å². The van der Waals surface area contributed by atoms with Gasteiger partial charge in [-0.15, -0.1) is 24.8 Å². The monoisotopic (exact) mass is 437 g/mol. The van der Waals surface area contributed by atoms with E-state index in [1.807, 2.05) is 0 Å². The molecular formula is C22H33Cl2N5. The molecular weight excluding hydrogens is 405 g/mol. The van der Waals surface area contributed by atoms with Crippen molar-refractivity contribution in [2.45, 2.75) is 44.1 Å². The van der Waals surface area contributed by atoms with Crippen LogP contribution in [0.5, 0.6) is 0 Å². The number of nitrogens with two attached hydrogens (primary N) is 1. The molecule has 5 nitrogen and oxygen atoms in total. The second-order valence-electron chi connectivity index (χ2n) is 8.16. The topological polar surface area (TPSA) is 67.1 Å². The first-order valence-corrected chi connectivity index (χ1v) is 10.3. The molecule has 3 N–H and O–H groups in total. The predicted molar refractivity (Wildman–Crippen MR) is 124 cm³/mol. The van der Waals surface area contributed by atoms with Gasteiger partial charge in [-0.25, -0.2) is 9.97 Å². The molecule has 2 aliphatic rings. The van der Waals surface area contributed by atoms with Crippen LogP contribution in [-0.2, 0) is 6.42 Å². The Labute approximate surface area is 186 Å². The summed E-state index contributed by atoms with van der Waals surface area (Å²) in [6.07, 6.45) is 7.47. The van der Waals surface area contributed by atoms with Crippen LogP contribution in [0, 0.1) is 5.92 Å². The van der Waals surface area contributed by atoms with Gasteiger partial charge in [0.05, 0.1) is 0 Å². The first-order chi connectivity index (χ1) is 13.3. The van der Waals surface area contributed by atoms with Gasteiger partial charge in [0.2, 0.25) is 0 Å². The molecule has 1 aliphatic carbocycles. The Morgan fingerprint density at radius 2 is 1.76 bits per heavy atom. The second-order valence-corrected chi connectivity index (χ2v) is 8.16. The maximum Gasteiger partial charge on any atom is 0.129 e. The van der Waals surface area contributed by atoms with Crippen molar-refractivity contribution in [1.29, 1.82) is 0 Å². The molecule has 1 saturated carbocycles. The van der Waals surface area contributed by atoms with Gasteiger partial charge >= 0.3 is 0 Å². The van der Waals surface area contributed by atoms with Crippen molar-refractivity contribution >= 4 is 30.6 Å². The van der Waals surface area contributed by atoms with Gasteiger partial charge in [-0.05, 0) is 56.7 Å². The van der Waals surface area contributed by atoms with Gasteiger partial charge in [-0.3, -0.25) is 0 Å². The Morgan fingerprint density at radius 1 is 1.03 bits per heavy atom. The van der Waals surface area contributed by atoms with E-state index in [-0.39, 0.29) is 24.8 Å². The summed E-state index contributed by atoms with van der Waals surface area (Å²) in [5, 5.41) is 3.54. The van der Waals surface area contributed by atoms with Gasteiger partial charge in [0.25, 0.3) is 0 Å². The summed E-state index contributed by atoms with van der Waals surface area (Å²) >= 11 is 0. The molecule has 160 valence electrons. The molecule has 1 aliphatic heterocycles. The van der Waals surface area contributed by atoms with Gasteiger partial charge in [-0.2, -0.15) is 0 Å². The fraction of sp³-hybridized carbons (Fsp3) is 0.545. The van der Waals surface area contributed by atoms with Gasteiger partial charge in [-0.1, -0.05) is 30.3 Å². The van der Waals surface area contributed by atoms with E-state index in [4.69, 9.17) is 5.73 Å². The zero-order valence-electron chi connectivity index (χ0n) is 16.9. The number of rotatable bonds is 7. The van der Waals surface area contributed by atoms with Crippen molar-refractivity contribution in [3.8, 4) is 0 Å². The van der Waals surface area contributed by atoms with Crippen molar-refractivity contribution in [3.05, 3.63) is 54.0 Å². The quantitative estimate of drug-likeness (QED) is 0.687. The summed E-state index contributed by atoms with van der Waals surface area (Å²) in [5.74, 6) is 2.22. The third-order valence-corrected chi connectivity index (χ3v) is 6.12. The molecule has 29 heavy (non-hydrogen) atoms. The number of hydrogen-bond donors (Lipinski definition) is 2. The number of likely N-dealkylation sites (tertiary alicyclic amines) is 1. The highest BCUT2D eigenvalue weighted by atomic mass is 35.5. The minimum atomic E-state index is 0. The van der Waals surface area contributed by atoms with Crippen molar-refractivity contribution < 1.29 is 0 Å². The molecule has 0 radical (unpaired) electrons. The van der Waals surface area contributed by atoms with Crippen molar-refractivity contribution in [2.75, 3.05) is 31.5 Å². The highest BCUT2D eigenvalue weighted by molar-refractivity contribution is 5.85. The van der Waals surface area contributed by atoms with Crippen LogP contribution < -0.4 is 11.1 Å². The fourth-order valence-corrected chi connectivity index (χ4v) is 4.19. The summed E-state index contributed by atoms with van der Waals surface area (Å²) in [4.78, 5) is 11.4. The first-order valence-electron chi connectivity index (χ1n) is 10.3. The van der Waals surface area contributed by atoms with E-state index in [0.29, 0.717) is 12.0 Å².